The zero-order chi connectivity index (χ0) is 14.0. The zero-order valence-corrected chi connectivity index (χ0v) is 13.5. The number of aryl methyl sites for hydroxylation is 1. The molecule has 1 aromatic carbocycles. The number of carbonyl (C=O) groups excluding carboxylic acids is 1. The number of halogens is 1. The lowest BCUT2D eigenvalue weighted by molar-refractivity contribution is 0.0956. The van der Waals surface area contributed by atoms with Crippen LogP contribution < -0.4 is 5.32 Å². The van der Waals surface area contributed by atoms with Crippen molar-refractivity contribution in [3.8, 4) is 0 Å². The van der Waals surface area contributed by atoms with Gasteiger partial charge in [0, 0.05) is 16.9 Å². The Morgan fingerprint density at radius 3 is 2.68 bits per heavy atom. The molecule has 2 rings (SSSR count). The Bertz CT molecular complexity index is 470. The highest BCUT2D eigenvalue weighted by Crippen LogP contribution is 2.36. The van der Waals surface area contributed by atoms with Crippen LogP contribution in [0.4, 0.5) is 0 Å². The number of rotatable bonds is 3. The van der Waals surface area contributed by atoms with Crippen LogP contribution in [0.2, 0.25) is 0 Å². The number of carbonyl (C=O) groups is 1. The average molecular weight is 324 g/mol. The van der Waals surface area contributed by atoms with Crippen molar-refractivity contribution >= 4 is 21.8 Å². The van der Waals surface area contributed by atoms with E-state index >= 15 is 0 Å². The average Bonchev–Trinajstić information content (AvgIpc) is 2.58. The molecule has 3 heteroatoms. The molecule has 2 atom stereocenters. The normalized spacial score (nSPS) is 18.5. The van der Waals surface area contributed by atoms with Crippen molar-refractivity contribution in [2.24, 2.45) is 11.8 Å². The van der Waals surface area contributed by atoms with E-state index in [4.69, 9.17) is 0 Å². The first-order chi connectivity index (χ1) is 9.00. The molecule has 1 aliphatic rings. The molecular formula is C16H22BrNO. The number of alkyl halides is 1. The number of hydrogen-bond acceptors (Lipinski definition) is 1. The van der Waals surface area contributed by atoms with Gasteiger partial charge >= 0.3 is 0 Å². The molecule has 0 bridgehead atoms. The molecular weight excluding hydrogens is 302 g/mol. The van der Waals surface area contributed by atoms with Crippen LogP contribution in [-0.4, -0.2) is 12.5 Å². The number of benzene rings is 1. The number of hydrogen-bond donors (Lipinski definition) is 1. The molecule has 0 radical (unpaired) electrons. The van der Waals surface area contributed by atoms with Gasteiger partial charge in [-0.1, -0.05) is 48.8 Å². The van der Waals surface area contributed by atoms with Crippen molar-refractivity contribution in [2.45, 2.75) is 38.4 Å². The van der Waals surface area contributed by atoms with Gasteiger partial charge in [-0.05, 0) is 41.9 Å². The minimum atomic E-state index is 0.0752. The standard InChI is InChI=1S/C16H22BrNO/c1-10(2)11(3)15(17)13-7-6-12-5-4-8-18-16(19)14(12)9-13/h6-7,9-11,15H,4-5,8H2,1-3H3,(H,18,19). The molecule has 104 valence electrons. The highest BCUT2D eigenvalue weighted by molar-refractivity contribution is 9.09. The first-order valence-corrected chi connectivity index (χ1v) is 7.97. The van der Waals surface area contributed by atoms with E-state index in [1.54, 1.807) is 0 Å². The second-order valence-corrected chi connectivity index (χ2v) is 6.77. The van der Waals surface area contributed by atoms with E-state index in [0.717, 1.165) is 24.9 Å². The maximum Gasteiger partial charge on any atom is 0.251 e. The van der Waals surface area contributed by atoms with Gasteiger partial charge in [0.05, 0.1) is 0 Å². The molecule has 0 fully saturated rings. The SMILES string of the molecule is CC(C)C(C)C(Br)c1ccc2c(c1)C(=O)NCCC2. The Labute approximate surface area is 124 Å². The first-order valence-electron chi connectivity index (χ1n) is 7.05. The van der Waals surface area contributed by atoms with E-state index in [1.807, 2.05) is 0 Å². The molecule has 0 spiro atoms. The summed E-state index contributed by atoms with van der Waals surface area (Å²) < 4.78 is 0. The van der Waals surface area contributed by atoms with E-state index < -0.39 is 0 Å². The topological polar surface area (TPSA) is 29.1 Å². The van der Waals surface area contributed by atoms with Gasteiger partial charge in [0.25, 0.3) is 5.91 Å². The van der Waals surface area contributed by atoms with Gasteiger partial charge in [0.2, 0.25) is 0 Å². The van der Waals surface area contributed by atoms with Crippen LogP contribution in [0.25, 0.3) is 0 Å². The molecule has 1 N–H and O–H groups in total. The van der Waals surface area contributed by atoms with Crippen LogP contribution in [0.1, 0.15) is 53.5 Å². The molecule has 0 saturated carbocycles. The number of fused-ring (bicyclic) bond motifs is 1. The van der Waals surface area contributed by atoms with E-state index in [-0.39, 0.29) is 5.91 Å². The summed E-state index contributed by atoms with van der Waals surface area (Å²) in [4.78, 5) is 12.4. The Hall–Kier alpha value is -0.830. The van der Waals surface area contributed by atoms with Gasteiger partial charge in [0.15, 0.2) is 0 Å². The number of amides is 1. The van der Waals surface area contributed by atoms with Crippen molar-refractivity contribution in [2.75, 3.05) is 6.54 Å². The quantitative estimate of drug-likeness (QED) is 0.834. The van der Waals surface area contributed by atoms with E-state index in [9.17, 15) is 4.79 Å². The Balaban J connectivity index is 2.32. The minimum Gasteiger partial charge on any atom is -0.352 e. The van der Waals surface area contributed by atoms with Gasteiger partial charge in [0.1, 0.15) is 0 Å². The van der Waals surface area contributed by atoms with Crippen molar-refractivity contribution in [3.63, 3.8) is 0 Å². The maximum atomic E-state index is 12.1. The van der Waals surface area contributed by atoms with Crippen LogP contribution in [0.3, 0.4) is 0 Å². The summed E-state index contributed by atoms with van der Waals surface area (Å²) in [5.74, 6) is 1.22. The van der Waals surface area contributed by atoms with E-state index in [1.165, 1.54) is 11.1 Å². The molecule has 2 nitrogen and oxygen atoms in total. The summed E-state index contributed by atoms with van der Waals surface area (Å²) in [6.45, 7) is 7.49. The summed E-state index contributed by atoms with van der Waals surface area (Å²) in [6, 6.07) is 6.35. The summed E-state index contributed by atoms with van der Waals surface area (Å²) >= 11 is 3.79. The Morgan fingerprint density at radius 1 is 1.26 bits per heavy atom. The molecule has 1 heterocycles. The third kappa shape index (κ3) is 3.19. The molecule has 2 unspecified atom stereocenters. The van der Waals surface area contributed by atoms with Crippen LogP contribution in [0, 0.1) is 11.8 Å². The Morgan fingerprint density at radius 2 is 2.00 bits per heavy atom. The van der Waals surface area contributed by atoms with Crippen LogP contribution in [0.15, 0.2) is 18.2 Å². The molecule has 1 amide bonds. The lowest BCUT2D eigenvalue weighted by atomic mass is 9.89. The van der Waals surface area contributed by atoms with E-state index in [0.29, 0.717) is 16.7 Å². The summed E-state index contributed by atoms with van der Waals surface area (Å²) in [7, 11) is 0. The summed E-state index contributed by atoms with van der Waals surface area (Å²) in [6.07, 6.45) is 2.01. The van der Waals surface area contributed by atoms with Gasteiger partial charge in [-0.2, -0.15) is 0 Å². The second kappa shape index (κ2) is 6.08. The predicted octanol–water partition coefficient (Wildman–Crippen LogP) is 4.09. The molecule has 1 aromatic rings. The van der Waals surface area contributed by atoms with Crippen molar-refractivity contribution in [1.82, 2.24) is 5.32 Å². The third-order valence-electron chi connectivity index (χ3n) is 4.12. The largest absolute Gasteiger partial charge is 0.352 e. The van der Waals surface area contributed by atoms with Gasteiger partial charge < -0.3 is 5.32 Å². The van der Waals surface area contributed by atoms with Crippen molar-refractivity contribution in [3.05, 3.63) is 34.9 Å². The van der Waals surface area contributed by atoms with Crippen LogP contribution in [0.5, 0.6) is 0 Å². The lowest BCUT2D eigenvalue weighted by Crippen LogP contribution is -2.23. The fraction of sp³-hybridized carbons (Fsp3) is 0.562. The lowest BCUT2D eigenvalue weighted by Gasteiger charge is -2.23. The first kappa shape index (κ1) is 14.6. The smallest absolute Gasteiger partial charge is 0.251 e. The fourth-order valence-electron chi connectivity index (χ4n) is 2.41. The van der Waals surface area contributed by atoms with E-state index in [2.05, 4.69) is 60.2 Å². The van der Waals surface area contributed by atoms with Crippen LogP contribution >= 0.6 is 15.9 Å². The van der Waals surface area contributed by atoms with Crippen LogP contribution in [-0.2, 0) is 6.42 Å². The second-order valence-electron chi connectivity index (χ2n) is 5.78. The Kier molecular flexibility index (Phi) is 4.67. The molecule has 0 saturated heterocycles. The number of nitrogens with one attached hydrogen (secondary N) is 1. The molecule has 0 aromatic heterocycles. The fourth-order valence-corrected chi connectivity index (χ4v) is 3.31. The van der Waals surface area contributed by atoms with Gasteiger partial charge in [-0.15, -0.1) is 0 Å². The van der Waals surface area contributed by atoms with Gasteiger partial charge in [-0.25, -0.2) is 0 Å². The van der Waals surface area contributed by atoms with Crippen molar-refractivity contribution in [1.29, 1.82) is 0 Å². The molecule has 19 heavy (non-hydrogen) atoms. The van der Waals surface area contributed by atoms with Crippen molar-refractivity contribution < 1.29 is 4.79 Å². The minimum absolute atomic E-state index is 0.0752. The van der Waals surface area contributed by atoms with Gasteiger partial charge in [-0.3, -0.25) is 4.79 Å². The third-order valence-corrected chi connectivity index (χ3v) is 5.48. The summed E-state index contributed by atoms with van der Waals surface area (Å²) in [5.41, 5.74) is 3.24. The monoisotopic (exact) mass is 323 g/mol. The molecule has 1 aliphatic heterocycles. The highest BCUT2D eigenvalue weighted by Gasteiger charge is 2.22. The molecule has 0 aliphatic carbocycles. The predicted molar refractivity (Wildman–Crippen MR) is 82.8 cm³/mol. The summed E-state index contributed by atoms with van der Waals surface area (Å²) in [5, 5.41) is 2.96. The zero-order valence-electron chi connectivity index (χ0n) is 11.9. The highest BCUT2D eigenvalue weighted by atomic mass is 79.9. The maximum absolute atomic E-state index is 12.1.